The summed E-state index contributed by atoms with van der Waals surface area (Å²) in [6.07, 6.45) is 4.62. The van der Waals surface area contributed by atoms with Gasteiger partial charge in [0.1, 0.15) is 17.0 Å². The quantitative estimate of drug-likeness (QED) is 0.675. The van der Waals surface area contributed by atoms with Crippen LogP contribution in [0.3, 0.4) is 0 Å². The second-order valence-corrected chi connectivity index (χ2v) is 9.40. The SMILES string of the molecule is CCCc1nc2sc3c(NCCN(C)C)ncnc3c2c2c1COC(C)(C)C2. The van der Waals surface area contributed by atoms with Gasteiger partial charge < -0.3 is 15.0 Å². The summed E-state index contributed by atoms with van der Waals surface area (Å²) >= 11 is 1.71. The molecule has 0 spiro atoms. The van der Waals surface area contributed by atoms with Crippen molar-refractivity contribution in [3.8, 4) is 0 Å². The van der Waals surface area contributed by atoms with Crippen LogP contribution in [-0.2, 0) is 24.2 Å². The molecule has 0 radical (unpaired) electrons. The number of thiophene rings is 1. The number of anilines is 1. The number of aromatic nitrogens is 3. The van der Waals surface area contributed by atoms with Crippen molar-refractivity contribution in [3.63, 3.8) is 0 Å². The zero-order valence-corrected chi connectivity index (χ0v) is 18.2. The van der Waals surface area contributed by atoms with Crippen molar-refractivity contribution in [2.24, 2.45) is 0 Å². The standard InChI is InChI=1S/C21H29N5OS/c1-6-7-15-14-11-27-21(2,3)10-13(14)16-17-18(28-20(16)25-15)19(24-12-23-17)22-8-9-26(4)5/h12H,6-11H2,1-5H3,(H,22,23,24). The smallest absolute Gasteiger partial charge is 0.147 e. The number of likely N-dealkylation sites (N-methyl/N-ethyl adjacent to an activating group) is 1. The van der Waals surface area contributed by atoms with Gasteiger partial charge in [0.15, 0.2) is 0 Å². The average molecular weight is 400 g/mol. The molecule has 150 valence electrons. The number of pyridine rings is 1. The largest absolute Gasteiger partial charge is 0.370 e. The van der Waals surface area contributed by atoms with Crippen LogP contribution in [0.25, 0.3) is 20.4 Å². The van der Waals surface area contributed by atoms with Crippen LogP contribution in [0.2, 0.25) is 0 Å². The first-order chi connectivity index (χ1) is 13.4. The van der Waals surface area contributed by atoms with E-state index in [0.29, 0.717) is 6.61 Å². The lowest BCUT2D eigenvalue weighted by Crippen LogP contribution is -2.32. The third-order valence-electron chi connectivity index (χ3n) is 5.25. The van der Waals surface area contributed by atoms with Crippen molar-refractivity contribution in [3.05, 3.63) is 23.1 Å². The zero-order chi connectivity index (χ0) is 19.9. The summed E-state index contributed by atoms with van der Waals surface area (Å²) in [4.78, 5) is 17.5. The van der Waals surface area contributed by atoms with Crippen LogP contribution in [0.5, 0.6) is 0 Å². The van der Waals surface area contributed by atoms with Crippen LogP contribution in [0.15, 0.2) is 6.33 Å². The lowest BCUT2D eigenvalue weighted by Gasteiger charge is -2.33. The van der Waals surface area contributed by atoms with Gasteiger partial charge in [-0.1, -0.05) is 13.3 Å². The maximum Gasteiger partial charge on any atom is 0.147 e. The Morgan fingerprint density at radius 2 is 2.07 bits per heavy atom. The van der Waals surface area contributed by atoms with Crippen molar-refractivity contribution in [1.82, 2.24) is 19.9 Å². The molecule has 4 heterocycles. The topological polar surface area (TPSA) is 63.2 Å². The van der Waals surface area contributed by atoms with Gasteiger partial charge in [0, 0.05) is 36.2 Å². The van der Waals surface area contributed by atoms with E-state index in [-0.39, 0.29) is 5.60 Å². The van der Waals surface area contributed by atoms with E-state index in [1.807, 2.05) is 0 Å². The second kappa shape index (κ2) is 7.54. The predicted octanol–water partition coefficient (Wildman–Crippen LogP) is 4.02. The van der Waals surface area contributed by atoms with Crippen molar-refractivity contribution in [2.75, 3.05) is 32.5 Å². The number of hydrogen-bond donors (Lipinski definition) is 1. The molecule has 0 aromatic carbocycles. The van der Waals surface area contributed by atoms with Crippen LogP contribution in [-0.4, -0.2) is 52.6 Å². The Labute approximate surface area is 170 Å². The van der Waals surface area contributed by atoms with Crippen molar-refractivity contribution >= 4 is 37.6 Å². The molecule has 7 heteroatoms. The molecule has 0 bridgehead atoms. The predicted molar refractivity (Wildman–Crippen MR) is 116 cm³/mol. The Bertz CT molecular complexity index is 1010. The first kappa shape index (κ1) is 19.5. The van der Waals surface area contributed by atoms with Gasteiger partial charge in [0.25, 0.3) is 0 Å². The van der Waals surface area contributed by atoms with E-state index in [9.17, 15) is 0 Å². The number of nitrogens with one attached hydrogen (secondary N) is 1. The summed E-state index contributed by atoms with van der Waals surface area (Å²) < 4.78 is 7.23. The van der Waals surface area contributed by atoms with E-state index in [1.54, 1.807) is 17.7 Å². The fourth-order valence-electron chi connectivity index (χ4n) is 3.84. The molecular formula is C21H29N5OS. The lowest BCUT2D eigenvalue weighted by molar-refractivity contribution is -0.0401. The van der Waals surface area contributed by atoms with Gasteiger partial charge >= 0.3 is 0 Å². The molecule has 28 heavy (non-hydrogen) atoms. The molecule has 0 aliphatic carbocycles. The molecule has 3 aromatic heterocycles. The van der Waals surface area contributed by atoms with Crippen molar-refractivity contribution in [2.45, 2.75) is 52.2 Å². The molecule has 1 aliphatic rings. The maximum atomic E-state index is 6.13. The van der Waals surface area contributed by atoms with E-state index in [1.165, 1.54) is 22.2 Å². The molecule has 6 nitrogen and oxygen atoms in total. The first-order valence-corrected chi connectivity index (χ1v) is 10.8. The molecule has 0 saturated heterocycles. The number of fused-ring (bicyclic) bond motifs is 5. The maximum absolute atomic E-state index is 6.13. The summed E-state index contributed by atoms with van der Waals surface area (Å²) in [6.45, 7) is 8.97. The minimum atomic E-state index is -0.168. The third kappa shape index (κ3) is 3.58. The monoisotopic (exact) mass is 399 g/mol. The molecule has 0 unspecified atom stereocenters. The van der Waals surface area contributed by atoms with Crippen LogP contribution in [0.1, 0.15) is 44.0 Å². The summed E-state index contributed by atoms with van der Waals surface area (Å²) in [5, 5.41) is 4.68. The number of rotatable bonds is 6. The molecule has 3 aromatic rings. The number of hydrogen-bond acceptors (Lipinski definition) is 7. The van der Waals surface area contributed by atoms with Crippen molar-refractivity contribution in [1.29, 1.82) is 0 Å². The summed E-state index contributed by atoms with van der Waals surface area (Å²) in [7, 11) is 4.15. The third-order valence-corrected chi connectivity index (χ3v) is 6.33. The molecule has 0 amide bonds. The van der Waals surface area contributed by atoms with Crippen LogP contribution in [0.4, 0.5) is 5.82 Å². The highest BCUT2D eigenvalue weighted by atomic mass is 32.1. The Morgan fingerprint density at radius 3 is 2.82 bits per heavy atom. The van der Waals surface area contributed by atoms with Gasteiger partial charge in [-0.2, -0.15) is 0 Å². The molecular weight excluding hydrogens is 370 g/mol. The summed E-state index contributed by atoms with van der Waals surface area (Å²) in [5.41, 5.74) is 4.68. The number of ether oxygens (including phenoxy) is 1. The molecule has 1 N–H and O–H groups in total. The Morgan fingerprint density at radius 1 is 1.25 bits per heavy atom. The molecule has 4 rings (SSSR count). The molecule has 0 fully saturated rings. The lowest BCUT2D eigenvalue weighted by atomic mass is 9.88. The van der Waals surface area contributed by atoms with Gasteiger partial charge in [-0.15, -0.1) is 11.3 Å². The molecule has 0 saturated carbocycles. The highest BCUT2D eigenvalue weighted by Crippen LogP contribution is 2.42. The van der Waals surface area contributed by atoms with E-state index >= 15 is 0 Å². The van der Waals surface area contributed by atoms with E-state index in [4.69, 9.17) is 9.72 Å². The first-order valence-electron chi connectivity index (χ1n) is 10.00. The summed E-state index contributed by atoms with van der Waals surface area (Å²) in [5.74, 6) is 0.909. The van der Waals surface area contributed by atoms with Crippen molar-refractivity contribution < 1.29 is 4.74 Å². The number of aryl methyl sites for hydroxylation is 1. The number of nitrogens with zero attached hydrogens (tertiary/aromatic N) is 4. The minimum absolute atomic E-state index is 0.168. The van der Waals surface area contributed by atoms with Gasteiger partial charge in [-0.05, 0) is 39.9 Å². The van der Waals surface area contributed by atoms with E-state index in [0.717, 1.165) is 53.2 Å². The van der Waals surface area contributed by atoms with Gasteiger partial charge in [-0.25, -0.2) is 15.0 Å². The van der Waals surface area contributed by atoms with Crippen LogP contribution in [0, 0.1) is 0 Å². The Balaban J connectivity index is 1.88. The van der Waals surface area contributed by atoms with Crippen LogP contribution < -0.4 is 5.32 Å². The molecule has 1 aliphatic heterocycles. The zero-order valence-electron chi connectivity index (χ0n) is 17.4. The van der Waals surface area contributed by atoms with Gasteiger partial charge in [0.05, 0.1) is 22.4 Å². The average Bonchev–Trinajstić information content (AvgIpc) is 3.00. The summed E-state index contributed by atoms with van der Waals surface area (Å²) in [6, 6.07) is 0. The van der Waals surface area contributed by atoms with Gasteiger partial charge in [0.2, 0.25) is 0 Å². The Hall–Kier alpha value is -1.83. The van der Waals surface area contributed by atoms with E-state index in [2.05, 4.69) is 55.1 Å². The fourth-order valence-corrected chi connectivity index (χ4v) is 4.98. The van der Waals surface area contributed by atoms with Crippen LogP contribution >= 0.6 is 11.3 Å². The second-order valence-electron chi connectivity index (χ2n) is 8.40. The minimum Gasteiger partial charge on any atom is -0.370 e. The van der Waals surface area contributed by atoms with E-state index < -0.39 is 0 Å². The highest BCUT2D eigenvalue weighted by Gasteiger charge is 2.31. The Kier molecular flexibility index (Phi) is 5.24. The highest BCUT2D eigenvalue weighted by molar-refractivity contribution is 7.26. The molecule has 0 atom stereocenters. The van der Waals surface area contributed by atoms with Gasteiger partial charge in [-0.3, -0.25) is 0 Å². The normalized spacial score (nSPS) is 16.1. The fraction of sp³-hybridized carbons (Fsp3) is 0.571.